The number of amides is 3. The Morgan fingerprint density at radius 2 is 1.69 bits per heavy atom. The van der Waals surface area contributed by atoms with Gasteiger partial charge in [-0.05, 0) is 18.2 Å². The molecule has 0 saturated carbocycles. The van der Waals surface area contributed by atoms with E-state index in [-0.39, 0.29) is 29.8 Å². The minimum atomic E-state index is -1.27. The van der Waals surface area contributed by atoms with Crippen LogP contribution in [0.1, 0.15) is 49.8 Å². The maximum absolute atomic E-state index is 12.8. The number of ether oxygens (including phenoxy) is 1. The van der Waals surface area contributed by atoms with Crippen molar-refractivity contribution in [1.82, 2.24) is 10.2 Å². The second-order valence-corrected chi connectivity index (χ2v) is 6.11. The van der Waals surface area contributed by atoms with Crippen molar-refractivity contribution in [2.45, 2.75) is 13.2 Å². The highest BCUT2D eigenvalue weighted by Gasteiger charge is 2.36. The van der Waals surface area contributed by atoms with E-state index in [0.717, 1.165) is 0 Å². The highest BCUT2D eigenvalue weighted by molar-refractivity contribution is 6.28. The molecule has 1 atom stereocenters. The van der Waals surface area contributed by atoms with Gasteiger partial charge in [-0.3, -0.25) is 24.5 Å². The van der Waals surface area contributed by atoms with Gasteiger partial charge in [-0.25, -0.2) is 0 Å². The predicted molar refractivity (Wildman–Crippen MR) is 88.4 cm³/mol. The summed E-state index contributed by atoms with van der Waals surface area (Å²) in [5.41, 5.74) is 1.28. The van der Waals surface area contributed by atoms with Gasteiger partial charge in [-0.1, -0.05) is 6.07 Å². The molecule has 0 bridgehead atoms. The number of carbonyl (C=O) groups is 4. The fraction of sp³-hybridized carbons (Fsp3) is 0.222. The van der Waals surface area contributed by atoms with Crippen molar-refractivity contribution in [3.63, 3.8) is 0 Å². The first-order valence-electron chi connectivity index (χ1n) is 7.98. The fourth-order valence-corrected chi connectivity index (χ4v) is 3.48. The third-order valence-corrected chi connectivity index (χ3v) is 4.61. The molecule has 2 aliphatic heterocycles. The highest BCUT2D eigenvalue weighted by atomic mass is 16.5. The van der Waals surface area contributed by atoms with Gasteiger partial charge in [0.05, 0.1) is 6.54 Å². The van der Waals surface area contributed by atoms with Crippen LogP contribution in [0.15, 0.2) is 24.3 Å². The first kappa shape index (κ1) is 16.2. The number of esters is 1. The topological polar surface area (TPSA) is 113 Å². The van der Waals surface area contributed by atoms with E-state index < -0.39 is 29.9 Å². The third kappa shape index (κ3) is 2.19. The second kappa shape index (κ2) is 5.63. The van der Waals surface area contributed by atoms with Crippen LogP contribution in [0.4, 0.5) is 0 Å². The van der Waals surface area contributed by atoms with Crippen molar-refractivity contribution < 1.29 is 29.0 Å². The fourth-order valence-electron chi connectivity index (χ4n) is 3.48. The molecule has 26 heavy (non-hydrogen) atoms. The zero-order valence-corrected chi connectivity index (χ0v) is 13.7. The first-order valence-corrected chi connectivity index (χ1v) is 7.98. The summed E-state index contributed by atoms with van der Waals surface area (Å²) in [7, 11) is 0. The SMILES string of the molecule is CC(=O)OCCN1C(=O)c2ccc3c4c(ccc(c24)C1O)C(=O)NC3=O. The van der Waals surface area contributed by atoms with Crippen molar-refractivity contribution in [2.75, 3.05) is 13.2 Å². The van der Waals surface area contributed by atoms with E-state index in [2.05, 4.69) is 5.32 Å². The van der Waals surface area contributed by atoms with Crippen molar-refractivity contribution in [3.8, 4) is 0 Å². The van der Waals surface area contributed by atoms with Crippen molar-refractivity contribution in [2.24, 2.45) is 0 Å². The van der Waals surface area contributed by atoms with Crippen LogP contribution >= 0.6 is 0 Å². The standard InChI is InChI=1S/C18H14N2O6/c1-8(21)26-7-6-20-17(24)11-4-2-9-13-10(16(23)19-15(9)22)3-5-12(14(11)13)18(20)25/h2-5,17,24H,6-7H2,1H3,(H,19,22,23). The lowest BCUT2D eigenvalue weighted by Crippen LogP contribution is -2.41. The number of hydrogen-bond acceptors (Lipinski definition) is 6. The smallest absolute Gasteiger partial charge is 0.302 e. The van der Waals surface area contributed by atoms with Gasteiger partial charge in [0, 0.05) is 39.9 Å². The van der Waals surface area contributed by atoms with Crippen molar-refractivity contribution in [3.05, 3.63) is 46.5 Å². The summed E-state index contributed by atoms with van der Waals surface area (Å²) in [6, 6.07) is 6.09. The Balaban J connectivity index is 1.87. The van der Waals surface area contributed by atoms with Crippen LogP contribution in [0, 0.1) is 0 Å². The van der Waals surface area contributed by atoms with Crippen LogP contribution in [-0.2, 0) is 9.53 Å². The minimum absolute atomic E-state index is 0.0173. The van der Waals surface area contributed by atoms with E-state index in [9.17, 15) is 24.3 Å². The monoisotopic (exact) mass is 354 g/mol. The molecule has 2 aromatic rings. The number of hydrogen-bond donors (Lipinski definition) is 2. The van der Waals surface area contributed by atoms with Crippen LogP contribution < -0.4 is 5.32 Å². The van der Waals surface area contributed by atoms with Crippen LogP contribution in [-0.4, -0.2) is 46.8 Å². The minimum Gasteiger partial charge on any atom is -0.464 e. The number of rotatable bonds is 3. The lowest BCUT2D eigenvalue weighted by atomic mass is 9.86. The Kier molecular flexibility index (Phi) is 3.52. The van der Waals surface area contributed by atoms with Gasteiger partial charge >= 0.3 is 5.97 Å². The number of nitrogens with zero attached hydrogens (tertiary/aromatic N) is 1. The number of carbonyl (C=O) groups excluding carboxylic acids is 4. The Bertz CT molecular complexity index is 992. The normalized spacial score (nSPS) is 18.2. The zero-order valence-electron chi connectivity index (χ0n) is 13.7. The summed E-state index contributed by atoms with van der Waals surface area (Å²) in [6.07, 6.45) is -1.27. The quantitative estimate of drug-likeness (QED) is 0.621. The van der Waals surface area contributed by atoms with Gasteiger partial charge in [-0.2, -0.15) is 0 Å². The molecule has 2 aromatic carbocycles. The Hall–Kier alpha value is -3.26. The molecule has 3 amide bonds. The first-order chi connectivity index (χ1) is 12.4. The maximum atomic E-state index is 12.8. The summed E-state index contributed by atoms with van der Waals surface area (Å²) < 4.78 is 4.85. The zero-order chi connectivity index (χ0) is 18.6. The van der Waals surface area contributed by atoms with E-state index in [1.165, 1.54) is 30.0 Å². The van der Waals surface area contributed by atoms with Gasteiger partial charge in [0.25, 0.3) is 17.7 Å². The molecular weight excluding hydrogens is 340 g/mol. The molecule has 0 saturated heterocycles. The summed E-state index contributed by atoms with van der Waals surface area (Å²) in [6.45, 7) is 1.23. The lowest BCUT2D eigenvalue weighted by Gasteiger charge is -2.34. The number of aliphatic hydroxyl groups is 1. The Labute approximate surface area is 147 Å². The van der Waals surface area contributed by atoms with Crippen LogP contribution in [0.3, 0.4) is 0 Å². The molecule has 8 heteroatoms. The molecule has 2 N–H and O–H groups in total. The summed E-state index contributed by atoms with van der Waals surface area (Å²) >= 11 is 0. The molecule has 0 fully saturated rings. The second-order valence-electron chi connectivity index (χ2n) is 6.11. The van der Waals surface area contributed by atoms with Gasteiger partial charge in [-0.15, -0.1) is 0 Å². The van der Waals surface area contributed by atoms with E-state index in [4.69, 9.17) is 4.74 Å². The van der Waals surface area contributed by atoms with E-state index in [1.54, 1.807) is 6.07 Å². The molecular formula is C18H14N2O6. The number of imide groups is 1. The largest absolute Gasteiger partial charge is 0.464 e. The molecule has 132 valence electrons. The number of nitrogens with one attached hydrogen (secondary N) is 1. The van der Waals surface area contributed by atoms with Crippen molar-refractivity contribution in [1.29, 1.82) is 0 Å². The van der Waals surface area contributed by atoms with Crippen LogP contribution in [0.2, 0.25) is 0 Å². The molecule has 8 nitrogen and oxygen atoms in total. The van der Waals surface area contributed by atoms with Gasteiger partial charge in [0.1, 0.15) is 6.61 Å². The van der Waals surface area contributed by atoms with Crippen LogP contribution in [0.25, 0.3) is 10.8 Å². The Morgan fingerprint density at radius 3 is 2.35 bits per heavy atom. The maximum Gasteiger partial charge on any atom is 0.302 e. The number of aliphatic hydroxyl groups excluding tert-OH is 1. The molecule has 1 unspecified atom stereocenters. The van der Waals surface area contributed by atoms with Gasteiger partial charge < -0.3 is 14.7 Å². The summed E-state index contributed by atoms with van der Waals surface area (Å²) in [5, 5.41) is 13.7. The van der Waals surface area contributed by atoms with E-state index in [1.807, 2.05) is 0 Å². The highest BCUT2D eigenvalue weighted by Crippen LogP contribution is 2.39. The van der Waals surface area contributed by atoms with Crippen LogP contribution in [0.5, 0.6) is 0 Å². The molecule has 0 spiro atoms. The molecule has 2 heterocycles. The van der Waals surface area contributed by atoms with E-state index in [0.29, 0.717) is 16.3 Å². The van der Waals surface area contributed by atoms with E-state index >= 15 is 0 Å². The van der Waals surface area contributed by atoms with Gasteiger partial charge in [0.2, 0.25) is 0 Å². The summed E-state index contributed by atoms with van der Waals surface area (Å²) in [4.78, 5) is 49.1. The molecule has 0 aromatic heterocycles. The van der Waals surface area contributed by atoms with Gasteiger partial charge in [0.15, 0.2) is 6.23 Å². The Morgan fingerprint density at radius 1 is 1.08 bits per heavy atom. The van der Waals surface area contributed by atoms with Crippen molar-refractivity contribution >= 4 is 34.5 Å². The summed E-state index contributed by atoms with van der Waals surface area (Å²) in [5.74, 6) is -2.01. The lowest BCUT2D eigenvalue weighted by molar-refractivity contribution is -0.141. The average Bonchev–Trinajstić information content (AvgIpc) is 2.60. The third-order valence-electron chi connectivity index (χ3n) is 4.61. The molecule has 2 aliphatic rings. The molecule has 0 radical (unpaired) electrons. The molecule has 0 aliphatic carbocycles. The molecule has 4 rings (SSSR count). The average molecular weight is 354 g/mol. The number of benzene rings is 2. The predicted octanol–water partition coefficient (Wildman–Crippen LogP) is 0.733.